The van der Waals surface area contributed by atoms with Crippen molar-refractivity contribution in [3.63, 3.8) is 0 Å². The Morgan fingerprint density at radius 2 is 2.29 bits per heavy atom. The minimum Gasteiger partial charge on any atom is -0.376 e. The lowest BCUT2D eigenvalue weighted by molar-refractivity contribution is 0.0807. The molecule has 0 amide bonds. The highest BCUT2D eigenvalue weighted by atomic mass is 16.5. The summed E-state index contributed by atoms with van der Waals surface area (Å²) in [7, 11) is 0. The monoisotopic (exact) mass is 234 g/mol. The van der Waals surface area contributed by atoms with Gasteiger partial charge in [0.05, 0.1) is 6.10 Å². The summed E-state index contributed by atoms with van der Waals surface area (Å²) in [5.74, 6) is 0.841. The molecule has 0 aromatic carbocycles. The van der Waals surface area contributed by atoms with Crippen molar-refractivity contribution < 1.29 is 4.74 Å². The highest BCUT2D eigenvalue weighted by molar-refractivity contribution is 5.07. The van der Waals surface area contributed by atoms with E-state index in [9.17, 15) is 0 Å². The Kier molecular flexibility index (Phi) is 3.21. The Morgan fingerprint density at radius 1 is 1.41 bits per heavy atom. The van der Waals surface area contributed by atoms with Crippen molar-refractivity contribution in [3.8, 4) is 0 Å². The van der Waals surface area contributed by atoms with Gasteiger partial charge in [-0.15, -0.1) is 0 Å². The highest BCUT2D eigenvalue weighted by Gasteiger charge is 2.40. The van der Waals surface area contributed by atoms with Gasteiger partial charge in [0.1, 0.15) is 0 Å². The molecular weight excluding hydrogens is 212 g/mol. The summed E-state index contributed by atoms with van der Waals surface area (Å²) in [5.41, 5.74) is 1.38. The van der Waals surface area contributed by atoms with Crippen molar-refractivity contribution in [2.75, 3.05) is 6.61 Å². The molecule has 0 spiro atoms. The van der Waals surface area contributed by atoms with Gasteiger partial charge in [0, 0.05) is 37.6 Å². The zero-order valence-electron chi connectivity index (χ0n) is 10.6. The minimum atomic E-state index is 0.486. The first-order chi connectivity index (χ1) is 8.38. The molecule has 94 valence electrons. The van der Waals surface area contributed by atoms with E-state index in [-0.39, 0.29) is 0 Å². The van der Waals surface area contributed by atoms with Crippen LogP contribution in [0.4, 0.5) is 0 Å². The average Bonchev–Trinajstić information content (AvgIpc) is 2.93. The molecule has 3 heteroatoms. The Morgan fingerprint density at radius 3 is 3.06 bits per heavy atom. The number of aryl methyl sites for hydroxylation is 1. The maximum Gasteiger partial charge on any atom is 0.0757 e. The van der Waals surface area contributed by atoms with Crippen LogP contribution >= 0.6 is 0 Å². The van der Waals surface area contributed by atoms with Gasteiger partial charge in [-0.25, -0.2) is 0 Å². The molecule has 0 bridgehead atoms. The van der Waals surface area contributed by atoms with E-state index in [4.69, 9.17) is 4.74 Å². The molecule has 3 nitrogen and oxygen atoms in total. The average molecular weight is 234 g/mol. The van der Waals surface area contributed by atoms with Crippen molar-refractivity contribution in [1.29, 1.82) is 0 Å². The lowest BCUT2D eigenvalue weighted by atomic mass is 10.1. The van der Waals surface area contributed by atoms with Crippen LogP contribution in [0.5, 0.6) is 0 Å². The zero-order valence-corrected chi connectivity index (χ0v) is 10.6. The van der Waals surface area contributed by atoms with Gasteiger partial charge >= 0.3 is 0 Å². The van der Waals surface area contributed by atoms with E-state index in [2.05, 4.69) is 35.1 Å². The predicted octanol–water partition coefficient (Wildman–Crippen LogP) is 2.17. The second kappa shape index (κ2) is 4.83. The van der Waals surface area contributed by atoms with Crippen LogP contribution < -0.4 is 5.32 Å². The van der Waals surface area contributed by atoms with Gasteiger partial charge < -0.3 is 14.6 Å². The summed E-state index contributed by atoms with van der Waals surface area (Å²) < 4.78 is 8.15. The SMILES string of the molecule is CCn1cccc1CNC1CCOC1C1CC1. The smallest absolute Gasteiger partial charge is 0.0757 e. The van der Waals surface area contributed by atoms with E-state index in [0.717, 1.165) is 25.6 Å². The maximum absolute atomic E-state index is 5.85. The molecule has 1 aromatic heterocycles. The third-order valence-electron chi connectivity index (χ3n) is 4.03. The molecule has 17 heavy (non-hydrogen) atoms. The van der Waals surface area contributed by atoms with Gasteiger partial charge in [0.2, 0.25) is 0 Å². The van der Waals surface area contributed by atoms with E-state index in [0.29, 0.717) is 12.1 Å². The molecule has 2 aliphatic rings. The van der Waals surface area contributed by atoms with Crippen LogP contribution in [0.25, 0.3) is 0 Å². The van der Waals surface area contributed by atoms with Crippen molar-refractivity contribution in [1.82, 2.24) is 9.88 Å². The van der Waals surface area contributed by atoms with E-state index >= 15 is 0 Å². The van der Waals surface area contributed by atoms with E-state index < -0.39 is 0 Å². The number of rotatable bonds is 5. The summed E-state index contributed by atoms with van der Waals surface area (Å²) in [6.45, 7) is 5.15. The van der Waals surface area contributed by atoms with Gasteiger partial charge in [-0.3, -0.25) is 0 Å². The van der Waals surface area contributed by atoms with Gasteiger partial charge in [-0.05, 0) is 44.2 Å². The first-order valence-corrected chi connectivity index (χ1v) is 6.87. The molecule has 1 saturated carbocycles. The molecular formula is C14H22N2O. The largest absolute Gasteiger partial charge is 0.376 e. The van der Waals surface area contributed by atoms with Crippen LogP contribution in [0.2, 0.25) is 0 Å². The summed E-state index contributed by atoms with van der Waals surface area (Å²) >= 11 is 0. The Balaban J connectivity index is 1.56. The fourth-order valence-electron chi connectivity index (χ4n) is 2.87. The van der Waals surface area contributed by atoms with Gasteiger partial charge in [0.25, 0.3) is 0 Å². The van der Waals surface area contributed by atoms with Gasteiger partial charge in [-0.2, -0.15) is 0 Å². The Bertz CT molecular complexity index is 370. The molecule has 2 unspecified atom stereocenters. The van der Waals surface area contributed by atoms with E-state index in [1.165, 1.54) is 25.0 Å². The molecule has 2 heterocycles. The number of nitrogens with zero attached hydrogens (tertiary/aromatic N) is 1. The van der Waals surface area contributed by atoms with Crippen LogP contribution in [0.15, 0.2) is 18.3 Å². The molecule has 1 aliphatic carbocycles. The van der Waals surface area contributed by atoms with E-state index in [1.54, 1.807) is 0 Å². The Labute approximate surface area is 103 Å². The fraction of sp³-hybridized carbons (Fsp3) is 0.714. The van der Waals surface area contributed by atoms with E-state index in [1.807, 2.05) is 0 Å². The molecule has 1 aromatic rings. The molecule has 1 saturated heterocycles. The van der Waals surface area contributed by atoms with Crippen molar-refractivity contribution in [2.45, 2.75) is 51.4 Å². The Hall–Kier alpha value is -0.800. The second-order valence-electron chi connectivity index (χ2n) is 5.23. The predicted molar refractivity (Wildman–Crippen MR) is 67.8 cm³/mol. The summed E-state index contributed by atoms with van der Waals surface area (Å²) in [6.07, 6.45) is 6.55. The molecule has 1 N–H and O–H groups in total. The second-order valence-corrected chi connectivity index (χ2v) is 5.23. The molecule has 1 aliphatic heterocycles. The summed E-state index contributed by atoms with van der Waals surface area (Å²) in [5, 5.41) is 3.68. The van der Waals surface area contributed by atoms with Crippen LogP contribution in [0.1, 0.15) is 31.9 Å². The number of hydrogen-bond donors (Lipinski definition) is 1. The number of ether oxygens (including phenoxy) is 1. The molecule has 2 fully saturated rings. The van der Waals surface area contributed by atoms with Gasteiger partial charge in [-0.1, -0.05) is 0 Å². The van der Waals surface area contributed by atoms with Crippen LogP contribution in [0, 0.1) is 5.92 Å². The number of nitrogens with one attached hydrogen (secondary N) is 1. The van der Waals surface area contributed by atoms with Crippen molar-refractivity contribution in [2.24, 2.45) is 5.92 Å². The van der Waals surface area contributed by atoms with Crippen molar-refractivity contribution in [3.05, 3.63) is 24.0 Å². The lowest BCUT2D eigenvalue weighted by Crippen LogP contribution is -2.37. The molecule has 3 rings (SSSR count). The van der Waals surface area contributed by atoms with Crippen LogP contribution in [0.3, 0.4) is 0 Å². The highest BCUT2D eigenvalue weighted by Crippen LogP contribution is 2.38. The standard InChI is InChI=1S/C14H22N2O/c1-2-16-8-3-4-12(16)10-15-13-7-9-17-14(13)11-5-6-11/h3-4,8,11,13-15H,2,5-7,9-10H2,1H3. The zero-order chi connectivity index (χ0) is 11.7. The summed E-state index contributed by atoms with van der Waals surface area (Å²) in [4.78, 5) is 0. The minimum absolute atomic E-state index is 0.486. The third kappa shape index (κ3) is 2.40. The number of aromatic nitrogens is 1. The summed E-state index contributed by atoms with van der Waals surface area (Å²) in [6, 6.07) is 4.91. The lowest BCUT2D eigenvalue weighted by Gasteiger charge is -2.20. The normalized spacial score (nSPS) is 28.8. The quantitative estimate of drug-likeness (QED) is 0.845. The molecule has 2 atom stereocenters. The topological polar surface area (TPSA) is 26.2 Å². The van der Waals surface area contributed by atoms with Crippen LogP contribution in [-0.2, 0) is 17.8 Å². The van der Waals surface area contributed by atoms with Gasteiger partial charge in [0.15, 0.2) is 0 Å². The van der Waals surface area contributed by atoms with Crippen molar-refractivity contribution >= 4 is 0 Å². The first-order valence-electron chi connectivity index (χ1n) is 6.87. The van der Waals surface area contributed by atoms with Crippen LogP contribution in [-0.4, -0.2) is 23.3 Å². The molecule has 0 radical (unpaired) electrons. The third-order valence-corrected chi connectivity index (χ3v) is 4.03. The first kappa shape index (κ1) is 11.3. The maximum atomic E-state index is 5.85. The fourth-order valence-corrected chi connectivity index (χ4v) is 2.87. The number of hydrogen-bond acceptors (Lipinski definition) is 2.